The molecular formula is C28H34ClN5O3. The summed E-state index contributed by atoms with van der Waals surface area (Å²) in [7, 11) is 1.69. The van der Waals surface area contributed by atoms with Crippen LogP contribution in [0.4, 0.5) is 5.82 Å². The SMILES string of the molecule is CNC(=O)[C@@H]1C[C@@H]2C3[C@H](C1)[C@H]2CC3(C)C(=O)Nc1cc(-c2cc(C(N)=O)n3c2CC(C)(C)C3)c(Cl)cn1. The van der Waals surface area contributed by atoms with Crippen molar-refractivity contribution in [2.45, 2.75) is 53.0 Å². The molecule has 5 fully saturated rings. The molecule has 4 N–H and O–H groups in total. The maximum atomic E-state index is 13.6. The maximum absolute atomic E-state index is 13.6. The van der Waals surface area contributed by atoms with Gasteiger partial charge in [-0.3, -0.25) is 14.4 Å². The van der Waals surface area contributed by atoms with Gasteiger partial charge in [0.2, 0.25) is 11.8 Å². The van der Waals surface area contributed by atoms with Crippen LogP contribution in [0.3, 0.4) is 0 Å². The molecule has 196 valence electrons. The van der Waals surface area contributed by atoms with Crippen LogP contribution in [0, 0.1) is 40.4 Å². The molecule has 6 atom stereocenters. The van der Waals surface area contributed by atoms with E-state index in [0.717, 1.165) is 42.5 Å². The predicted molar refractivity (Wildman–Crippen MR) is 141 cm³/mol. The van der Waals surface area contributed by atoms with Gasteiger partial charge in [-0.15, -0.1) is 0 Å². The molecular weight excluding hydrogens is 490 g/mol. The number of nitrogens with zero attached hydrogens (tertiary/aromatic N) is 2. The number of primary amides is 1. The lowest BCUT2D eigenvalue weighted by molar-refractivity contribution is -0.138. The van der Waals surface area contributed by atoms with Crippen molar-refractivity contribution in [3.8, 4) is 11.1 Å². The van der Waals surface area contributed by atoms with Crippen molar-refractivity contribution in [3.63, 3.8) is 0 Å². The maximum Gasteiger partial charge on any atom is 0.265 e. The third kappa shape index (κ3) is 3.55. The first kappa shape index (κ1) is 24.5. The highest BCUT2D eigenvalue weighted by atomic mass is 35.5. The molecule has 0 saturated heterocycles. The van der Waals surface area contributed by atoms with Crippen LogP contribution in [-0.2, 0) is 22.6 Å². The summed E-state index contributed by atoms with van der Waals surface area (Å²) < 4.78 is 1.99. The highest BCUT2D eigenvalue weighted by Gasteiger charge is 2.70. The number of hydrogen-bond acceptors (Lipinski definition) is 4. The first-order valence-electron chi connectivity index (χ1n) is 13.1. The first-order valence-corrected chi connectivity index (χ1v) is 13.5. The van der Waals surface area contributed by atoms with Crippen LogP contribution in [-0.4, -0.2) is 34.3 Å². The Hall–Kier alpha value is -2.87. The Labute approximate surface area is 221 Å². The Morgan fingerprint density at radius 1 is 1.11 bits per heavy atom. The second kappa shape index (κ2) is 8.06. The second-order valence-electron chi connectivity index (χ2n) is 12.6. The number of nitrogens with one attached hydrogen (secondary N) is 2. The summed E-state index contributed by atoms with van der Waals surface area (Å²) in [6, 6.07) is 3.61. The standard InChI is InChI=1S/C28H34ClN5O3/c1-27(2)10-21-15(7-20(24(30)35)34(21)12-27)14-8-22(32-11-19(14)29)33-26(37)28(3)9-18-16-5-13(25(36)31-4)6-17(18)23(16)28/h7-8,11,13,16-18,23H,5-6,9-10,12H2,1-4H3,(H2,30,35)(H,31,36)(H,32,33,37)/t13-,16+,17-,18+,23?,28?. The zero-order valence-electron chi connectivity index (χ0n) is 21.7. The van der Waals surface area contributed by atoms with Gasteiger partial charge in [-0.2, -0.15) is 0 Å². The topological polar surface area (TPSA) is 119 Å². The van der Waals surface area contributed by atoms with Gasteiger partial charge in [0.1, 0.15) is 11.5 Å². The average Bonchev–Trinajstić information content (AvgIpc) is 3.55. The highest BCUT2D eigenvalue weighted by molar-refractivity contribution is 6.33. The van der Waals surface area contributed by atoms with Crippen LogP contribution in [0.15, 0.2) is 18.3 Å². The molecule has 6 aliphatic rings. The first-order chi connectivity index (χ1) is 17.4. The fourth-order valence-corrected chi connectivity index (χ4v) is 8.47. The lowest BCUT2D eigenvalue weighted by Crippen LogP contribution is -2.53. The minimum Gasteiger partial charge on any atom is -0.364 e. The number of carbonyl (C=O) groups is 3. The number of hydrogen-bond donors (Lipinski definition) is 3. The third-order valence-corrected chi connectivity index (χ3v) is 10.0. The van der Waals surface area contributed by atoms with Gasteiger partial charge in [-0.1, -0.05) is 32.4 Å². The lowest BCUT2D eigenvalue weighted by atomic mass is 9.50. The molecule has 1 aliphatic heterocycles. The fourth-order valence-electron chi connectivity index (χ4n) is 8.26. The van der Waals surface area contributed by atoms with Gasteiger partial charge in [0.05, 0.1) is 10.4 Å². The molecule has 2 unspecified atom stereocenters. The zero-order chi connectivity index (χ0) is 26.4. The molecule has 8 rings (SSSR count). The minimum absolute atomic E-state index is 0.00115. The van der Waals surface area contributed by atoms with Crippen LogP contribution in [0.25, 0.3) is 11.1 Å². The summed E-state index contributed by atoms with van der Waals surface area (Å²) in [5, 5.41) is 6.32. The number of nitrogens with two attached hydrogens (primary N) is 1. The summed E-state index contributed by atoms with van der Waals surface area (Å²) in [4.78, 5) is 42.4. The number of pyridine rings is 1. The Kier molecular flexibility index (Phi) is 5.33. The van der Waals surface area contributed by atoms with Gasteiger partial charge < -0.3 is 20.9 Å². The van der Waals surface area contributed by atoms with Crippen LogP contribution in [0.1, 0.15) is 56.2 Å². The fraction of sp³-hybridized carbons (Fsp3) is 0.571. The number of fused-ring (bicyclic) bond motifs is 4. The van der Waals surface area contributed by atoms with E-state index in [1.54, 1.807) is 25.4 Å². The van der Waals surface area contributed by atoms with Crippen molar-refractivity contribution in [2.24, 2.45) is 46.2 Å². The van der Waals surface area contributed by atoms with E-state index in [9.17, 15) is 14.4 Å². The molecule has 8 nitrogen and oxygen atoms in total. The van der Waals surface area contributed by atoms with E-state index < -0.39 is 11.3 Å². The number of rotatable bonds is 5. The van der Waals surface area contributed by atoms with Crippen molar-refractivity contribution in [2.75, 3.05) is 12.4 Å². The lowest BCUT2D eigenvalue weighted by Gasteiger charge is -2.54. The predicted octanol–water partition coefficient (Wildman–Crippen LogP) is 3.87. The molecule has 3 heterocycles. The number of amides is 3. The normalized spacial score (nSPS) is 32.4. The average molecular weight is 524 g/mol. The Morgan fingerprint density at radius 2 is 1.81 bits per heavy atom. The number of carbonyl (C=O) groups excluding carboxylic acids is 3. The van der Waals surface area contributed by atoms with Crippen LogP contribution in [0.5, 0.6) is 0 Å². The van der Waals surface area contributed by atoms with E-state index >= 15 is 0 Å². The number of anilines is 1. The molecule has 2 aromatic heterocycles. The summed E-state index contributed by atoms with van der Waals surface area (Å²) in [5.74, 6) is 1.84. The van der Waals surface area contributed by atoms with E-state index in [1.807, 2.05) is 4.57 Å². The van der Waals surface area contributed by atoms with Crippen molar-refractivity contribution in [3.05, 3.63) is 34.7 Å². The van der Waals surface area contributed by atoms with E-state index in [4.69, 9.17) is 17.3 Å². The Morgan fingerprint density at radius 3 is 2.46 bits per heavy atom. The summed E-state index contributed by atoms with van der Waals surface area (Å²) >= 11 is 6.60. The molecule has 3 amide bonds. The summed E-state index contributed by atoms with van der Waals surface area (Å²) in [5.41, 5.74) is 8.28. The van der Waals surface area contributed by atoms with E-state index in [-0.39, 0.29) is 23.1 Å². The molecule has 9 heteroatoms. The van der Waals surface area contributed by atoms with Gasteiger partial charge in [0.25, 0.3) is 5.91 Å². The van der Waals surface area contributed by atoms with E-state index in [2.05, 4.69) is 36.4 Å². The molecule has 0 spiro atoms. The van der Waals surface area contributed by atoms with Crippen molar-refractivity contribution < 1.29 is 14.4 Å². The van der Waals surface area contributed by atoms with Crippen LogP contribution in [0.2, 0.25) is 5.02 Å². The Bertz CT molecular complexity index is 1340. The number of halogens is 1. The summed E-state index contributed by atoms with van der Waals surface area (Å²) in [6.45, 7) is 7.10. The molecule has 37 heavy (non-hydrogen) atoms. The van der Waals surface area contributed by atoms with Gasteiger partial charge in [-0.25, -0.2) is 4.98 Å². The van der Waals surface area contributed by atoms with Gasteiger partial charge >= 0.3 is 0 Å². The van der Waals surface area contributed by atoms with E-state index in [1.165, 1.54) is 0 Å². The quantitative estimate of drug-likeness (QED) is 0.551. The van der Waals surface area contributed by atoms with Crippen LogP contribution >= 0.6 is 11.6 Å². The molecule has 5 aliphatic carbocycles. The Balaban J connectivity index is 1.25. The van der Waals surface area contributed by atoms with Crippen molar-refractivity contribution >= 4 is 35.1 Å². The molecule has 0 radical (unpaired) electrons. The van der Waals surface area contributed by atoms with Crippen molar-refractivity contribution in [1.82, 2.24) is 14.9 Å². The van der Waals surface area contributed by atoms with Gasteiger partial charge in [0, 0.05) is 42.5 Å². The highest BCUT2D eigenvalue weighted by Crippen LogP contribution is 2.72. The summed E-state index contributed by atoms with van der Waals surface area (Å²) in [6.07, 6.45) is 4.94. The number of aromatic nitrogens is 2. The smallest absolute Gasteiger partial charge is 0.265 e. The molecule has 4 bridgehead atoms. The van der Waals surface area contributed by atoms with Gasteiger partial charge in [0.15, 0.2) is 0 Å². The molecule has 2 aromatic rings. The zero-order valence-corrected chi connectivity index (χ0v) is 22.5. The van der Waals surface area contributed by atoms with Gasteiger partial charge in [-0.05, 0) is 66.9 Å². The third-order valence-electron chi connectivity index (χ3n) is 9.75. The molecule has 0 aromatic carbocycles. The molecule has 5 saturated carbocycles. The second-order valence-corrected chi connectivity index (χ2v) is 13.0. The van der Waals surface area contributed by atoms with Crippen molar-refractivity contribution in [1.29, 1.82) is 0 Å². The largest absolute Gasteiger partial charge is 0.364 e. The monoisotopic (exact) mass is 523 g/mol. The van der Waals surface area contributed by atoms with E-state index in [0.29, 0.717) is 46.8 Å². The minimum atomic E-state index is -0.476. The van der Waals surface area contributed by atoms with Crippen LogP contribution < -0.4 is 16.4 Å².